The monoisotopic (exact) mass is 279 g/mol. The van der Waals surface area contributed by atoms with Gasteiger partial charge in [-0.3, -0.25) is 4.79 Å². The molecule has 110 valence electrons. The minimum atomic E-state index is -1.08. The van der Waals surface area contributed by atoms with E-state index in [4.69, 9.17) is 10.8 Å². The van der Waals surface area contributed by atoms with Gasteiger partial charge in [-0.1, -0.05) is 19.9 Å². The van der Waals surface area contributed by atoms with Crippen molar-refractivity contribution in [2.75, 3.05) is 30.8 Å². The average molecular weight is 279 g/mol. The molecule has 1 rings (SSSR count). The molecule has 0 saturated carbocycles. The molecule has 0 aromatic heterocycles. The number of rotatable bonds is 6. The summed E-state index contributed by atoms with van der Waals surface area (Å²) in [4.78, 5) is 24.4. The number of carbonyl (C=O) groups is 2. The second kappa shape index (κ2) is 6.79. The Hall–Kier alpha value is -2.24. The number of nitrogens with one attached hydrogen (secondary N) is 1. The number of carbonyl (C=O) groups excluding carboxylic acids is 1. The van der Waals surface area contributed by atoms with Gasteiger partial charge in [-0.05, 0) is 18.1 Å². The van der Waals surface area contributed by atoms with Crippen LogP contribution in [0.3, 0.4) is 0 Å². The van der Waals surface area contributed by atoms with Crippen molar-refractivity contribution in [2.45, 2.75) is 13.8 Å². The third kappa shape index (κ3) is 4.15. The predicted octanol–water partition coefficient (Wildman–Crippen LogP) is 1.18. The Bertz CT molecular complexity index is 500. The van der Waals surface area contributed by atoms with Gasteiger partial charge in [-0.15, -0.1) is 0 Å². The molecule has 0 radical (unpaired) electrons. The van der Waals surface area contributed by atoms with Crippen LogP contribution in [-0.2, 0) is 4.79 Å². The summed E-state index contributed by atoms with van der Waals surface area (Å²) in [5, 5.41) is 11.8. The van der Waals surface area contributed by atoms with Crippen molar-refractivity contribution in [1.29, 1.82) is 0 Å². The van der Waals surface area contributed by atoms with Crippen molar-refractivity contribution < 1.29 is 14.7 Å². The van der Waals surface area contributed by atoms with E-state index >= 15 is 0 Å². The van der Waals surface area contributed by atoms with Crippen LogP contribution < -0.4 is 16.0 Å². The number of benzene rings is 1. The molecular weight excluding hydrogens is 258 g/mol. The van der Waals surface area contributed by atoms with Crippen molar-refractivity contribution in [3.05, 3.63) is 23.8 Å². The minimum absolute atomic E-state index is 0.0388. The Morgan fingerprint density at radius 2 is 2.05 bits per heavy atom. The molecule has 0 aliphatic heterocycles. The summed E-state index contributed by atoms with van der Waals surface area (Å²) in [5.41, 5.74) is 6.57. The SMILES string of the molecule is CC(C)CNC(=O)CN(C)c1cccc(C(=O)O)c1N. The molecule has 0 aliphatic rings. The quantitative estimate of drug-likeness (QED) is 0.679. The molecule has 0 heterocycles. The number of amides is 1. The van der Waals surface area contributed by atoms with Crippen LogP contribution in [0.1, 0.15) is 24.2 Å². The first-order chi connectivity index (χ1) is 9.32. The Labute approximate surface area is 118 Å². The number of nitrogens with two attached hydrogens (primary N) is 1. The molecule has 4 N–H and O–H groups in total. The molecule has 1 aromatic carbocycles. The van der Waals surface area contributed by atoms with Crippen molar-refractivity contribution >= 4 is 23.3 Å². The van der Waals surface area contributed by atoms with E-state index in [1.807, 2.05) is 13.8 Å². The minimum Gasteiger partial charge on any atom is -0.478 e. The van der Waals surface area contributed by atoms with Gasteiger partial charge in [0.25, 0.3) is 0 Å². The number of hydrogen-bond acceptors (Lipinski definition) is 4. The topological polar surface area (TPSA) is 95.7 Å². The number of para-hydroxylation sites is 1. The summed E-state index contributed by atoms with van der Waals surface area (Å²) < 4.78 is 0. The van der Waals surface area contributed by atoms with Gasteiger partial charge in [0.15, 0.2) is 0 Å². The molecule has 1 aromatic rings. The van der Waals surface area contributed by atoms with E-state index in [0.29, 0.717) is 18.2 Å². The Balaban J connectivity index is 2.77. The van der Waals surface area contributed by atoms with Crippen molar-refractivity contribution in [1.82, 2.24) is 5.32 Å². The van der Waals surface area contributed by atoms with Gasteiger partial charge in [-0.25, -0.2) is 4.79 Å². The smallest absolute Gasteiger partial charge is 0.337 e. The maximum atomic E-state index is 11.8. The molecule has 0 fully saturated rings. The zero-order valence-electron chi connectivity index (χ0n) is 12.0. The van der Waals surface area contributed by atoms with E-state index in [9.17, 15) is 9.59 Å². The van der Waals surface area contributed by atoms with Gasteiger partial charge < -0.3 is 21.1 Å². The Kier molecular flexibility index (Phi) is 5.37. The summed E-state index contributed by atoms with van der Waals surface area (Å²) in [6, 6.07) is 4.74. The van der Waals surface area contributed by atoms with E-state index in [1.165, 1.54) is 6.07 Å². The molecule has 1 amide bonds. The molecule has 0 unspecified atom stereocenters. The number of likely N-dealkylation sites (N-methyl/N-ethyl adjacent to an activating group) is 1. The highest BCUT2D eigenvalue weighted by Crippen LogP contribution is 2.25. The second-order valence-electron chi connectivity index (χ2n) is 5.10. The number of carboxylic acid groups (broad SMARTS) is 1. The van der Waals surface area contributed by atoms with Crippen LogP contribution in [0, 0.1) is 5.92 Å². The van der Waals surface area contributed by atoms with E-state index in [0.717, 1.165) is 0 Å². The van der Waals surface area contributed by atoms with Gasteiger partial charge in [0, 0.05) is 13.6 Å². The highest BCUT2D eigenvalue weighted by Gasteiger charge is 2.15. The lowest BCUT2D eigenvalue weighted by Gasteiger charge is -2.21. The summed E-state index contributed by atoms with van der Waals surface area (Å²) in [5.74, 6) is -0.826. The van der Waals surface area contributed by atoms with Gasteiger partial charge in [-0.2, -0.15) is 0 Å². The zero-order valence-corrected chi connectivity index (χ0v) is 12.0. The molecule has 20 heavy (non-hydrogen) atoms. The molecule has 0 atom stereocenters. The summed E-state index contributed by atoms with van der Waals surface area (Å²) in [6.45, 7) is 4.76. The number of nitrogen functional groups attached to an aromatic ring is 1. The zero-order chi connectivity index (χ0) is 15.3. The molecule has 0 bridgehead atoms. The van der Waals surface area contributed by atoms with Crippen molar-refractivity contribution in [3.63, 3.8) is 0 Å². The van der Waals surface area contributed by atoms with Gasteiger partial charge >= 0.3 is 5.97 Å². The normalized spacial score (nSPS) is 10.4. The number of carboxylic acids is 1. The van der Waals surface area contributed by atoms with Gasteiger partial charge in [0.1, 0.15) is 0 Å². The van der Waals surface area contributed by atoms with Crippen LogP contribution in [0.5, 0.6) is 0 Å². The van der Waals surface area contributed by atoms with E-state index in [2.05, 4.69) is 5.32 Å². The lowest BCUT2D eigenvalue weighted by atomic mass is 10.1. The molecule has 0 aliphatic carbocycles. The first-order valence-electron chi connectivity index (χ1n) is 6.42. The molecular formula is C14H21N3O3. The van der Waals surface area contributed by atoms with Crippen LogP contribution in [0.4, 0.5) is 11.4 Å². The fraction of sp³-hybridized carbons (Fsp3) is 0.429. The Morgan fingerprint density at radius 3 is 2.60 bits per heavy atom. The number of aromatic carboxylic acids is 1. The summed E-state index contributed by atoms with van der Waals surface area (Å²) >= 11 is 0. The second-order valence-corrected chi connectivity index (χ2v) is 5.10. The first-order valence-corrected chi connectivity index (χ1v) is 6.42. The van der Waals surface area contributed by atoms with E-state index in [1.54, 1.807) is 24.1 Å². The fourth-order valence-corrected chi connectivity index (χ4v) is 1.75. The van der Waals surface area contributed by atoms with Crippen LogP contribution in [0.2, 0.25) is 0 Å². The summed E-state index contributed by atoms with van der Waals surface area (Å²) in [7, 11) is 1.70. The summed E-state index contributed by atoms with van der Waals surface area (Å²) in [6.07, 6.45) is 0. The predicted molar refractivity (Wildman–Crippen MR) is 78.9 cm³/mol. The molecule has 6 nitrogen and oxygen atoms in total. The first kappa shape index (κ1) is 15.8. The van der Waals surface area contributed by atoms with Crippen molar-refractivity contribution in [3.8, 4) is 0 Å². The van der Waals surface area contributed by atoms with E-state index < -0.39 is 5.97 Å². The highest BCUT2D eigenvalue weighted by atomic mass is 16.4. The van der Waals surface area contributed by atoms with Gasteiger partial charge in [0.05, 0.1) is 23.5 Å². The van der Waals surface area contributed by atoms with Crippen LogP contribution in [0.25, 0.3) is 0 Å². The van der Waals surface area contributed by atoms with E-state index in [-0.39, 0.29) is 23.7 Å². The maximum absolute atomic E-state index is 11.8. The largest absolute Gasteiger partial charge is 0.478 e. The maximum Gasteiger partial charge on any atom is 0.337 e. The molecule has 0 saturated heterocycles. The third-order valence-corrected chi connectivity index (χ3v) is 2.81. The highest BCUT2D eigenvalue weighted by molar-refractivity contribution is 5.97. The van der Waals surface area contributed by atoms with Gasteiger partial charge in [0.2, 0.25) is 5.91 Å². The van der Waals surface area contributed by atoms with Crippen LogP contribution >= 0.6 is 0 Å². The van der Waals surface area contributed by atoms with Crippen LogP contribution in [-0.4, -0.2) is 37.1 Å². The third-order valence-electron chi connectivity index (χ3n) is 2.81. The molecule has 0 spiro atoms. The lowest BCUT2D eigenvalue weighted by molar-refractivity contribution is -0.119. The number of nitrogens with zero attached hydrogens (tertiary/aromatic N) is 1. The van der Waals surface area contributed by atoms with Crippen LogP contribution in [0.15, 0.2) is 18.2 Å². The van der Waals surface area contributed by atoms with Crippen molar-refractivity contribution in [2.24, 2.45) is 5.92 Å². The number of anilines is 2. The molecule has 6 heteroatoms. The number of hydrogen-bond donors (Lipinski definition) is 3. The Morgan fingerprint density at radius 1 is 1.40 bits per heavy atom. The average Bonchev–Trinajstić information content (AvgIpc) is 2.36. The standard InChI is InChI=1S/C14H21N3O3/c1-9(2)7-16-12(18)8-17(3)11-6-4-5-10(13(11)15)14(19)20/h4-6,9H,7-8,15H2,1-3H3,(H,16,18)(H,19,20). The fourth-order valence-electron chi connectivity index (χ4n) is 1.75. The lowest BCUT2D eigenvalue weighted by Crippen LogP contribution is -2.37.